The smallest absolute Gasteiger partial charge is 0.317 e. The molecule has 1 N–H and O–H groups in total. The summed E-state index contributed by atoms with van der Waals surface area (Å²) in [6.07, 6.45) is 5.00. The highest BCUT2D eigenvalue weighted by molar-refractivity contribution is 5.73. The zero-order valence-corrected chi connectivity index (χ0v) is 13.1. The highest BCUT2D eigenvalue weighted by Crippen LogP contribution is 2.15. The molecule has 1 aromatic heterocycles. The zero-order valence-electron chi connectivity index (χ0n) is 13.1. The van der Waals surface area contributed by atoms with E-state index >= 15 is 0 Å². The Bertz CT molecular complexity index is 437. The van der Waals surface area contributed by atoms with Crippen molar-refractivity contribution in [3.8, 4) is 0 Å². The molecule has 1 saturated heterocycles. The van der Waals surface area contributed by atoms with E-state index in [1.165, 1.54) is 12.8 Å². The van der Waals surface area contributed by atoms with E-state index in [4.69, 9.17) is 0 Å². The Morgan fingerprint density at radius 1 is 1.52 bits per heavy atom. The van der Waals surface area contributed by atoms with Gasteiger partial charge in [0.05, 0.1) is 0 Å². The van der Waals surface area contributed by atoms with Crippen molar-refractivity contribution in [3.05, 3.63) is 30.1 Å². The van der Waals surface area contributed by atoms with Gasteiger partial charge in [0.1, 0.15) is 0 Å². The fraction of sp³-hybridized carbons (Fsp3) is 0.625. The first-order valence-electron chi connectivity index (χ1n) is 7.83. The van der Waals surface area contributed by atoms with E-state index in [1.807, 2.05) is 25.2 Å². The maximum atomic E-state index is 12.1. The Kier molecular flexibility index (Phi) is 5.99. The van der Waals surface area contributed by atoms with Crippen LogP contribution in [0.4, 0.5) is 4.79 Å². The number of carbonyl (C=O) groups excluding carboxylic acids is 1. The van der Waals surface area contributed by atoms with Crippen molar-refractivity contribution in [2.75, 3.05) is 33.2 Å². The monoisotopic (exact) mass is 290 g/mol. The standard InChI is InChI=1S/C16H26N4O/c1-3-20-11-6-8-15(20)13-18-16(21)19(2)12-9-14-7-4-5-10-17-14/h4-5,7,10,15H,3,6,8-9,11-13H2,1-2H3,(H,18,21)/t15-/m0/s1. The van der Waals surface area contributed by atoms with Gasteiger partial charge in [-0.25, -0.2) is 4.79 Å². The zero-order chi connectivity index (χ0) is 15.1. The highest BCUT2D eigenvalue weighted by atomic mass is 16.2. The van der Waals surface area contributed by atoms with E-state index in [-0.39, 0.29) is 6.03 Å². The molecule has 1 aromatic rings. The number of likely N-dealkylation sites (tertiary alicyclic amines) is 1. The van der Waals surface area contributed by atoms with Crippen LogP contribution in [0.1, 0.15) is 25.5 Å². The Labute approximate surface area is 127 Å². The van der Waals surface area contributed by atoms with Crippen LogP contribution in [0.15, 0.2) is 24.4 Å². The van der Waals surface area contributed by atoms with Crippen LogP contribution in [0.2, 0.25) is 0 Å². The summed E-state index contributed by atoms with van der Waals surface area (Å²) in [5.41, 5.74) is 1.02. The molecule has 2 amide bonds. The third kappa shape index (κ3) is 4.70. The molecule has 0 unspecified atom stereocenters. The summed E-state index contributed by atoms with van der Waals surface area (Å²) in [6.45, 7) is 5.84. The van der Waals surface area contributed by atoms with Crippen LogP contribution in [0, 0.1) is 0 Å². The molecule has 2 heterocycles. The largest absolute Gasteiger partial charge is 0.336 e. The fourth-order valence-corrected chi connectivity index (χ4v) is 2.81. The van der Waals surface area contributed by atoms with E-state index in [0.717, 1.165) is 31.7 Å². The summed E-state index contributed by atoms with van der Waals surface area (Å²) in [5, 5.41) is 3.05. The number of hydrogen-bond acceptors (Lipinski definition) is 3. The van der Waals surface area contributed by atoms with Crippen LogP contribution in [0.3, 0.4) is 0 Å². The first-order valence-corrected chi connectivity index (χ1v) is 7.83. The summed E-state index contributed by atoms with van der Waals surface area (Å²) >= 11 is 0. The summed E-state index contributed by atoms with van der Waals surface area (Å²) in [4.78, 5) is 20.5. The molecule has 0 radical (unpaired) electrons. The average Bonchev–Trinajstić information content (AvgIpc) is 2.98. The predicted octanol–water partition coefficient (Wildman–Crippen LogP) is 1.75. The molecule has 1 fully saturated rings. The Hall–Kier alpha value is -1.62. The number of nitrogens with zero attached hydrogens (tertiary/aromatic N) is 3. The third-order valence-corrected chi connectivity index (χ3v) is 4.17. The van der Waals surface area contributed by atoms with Gasteiger partial charge in [0.2, 0.25) is 0 Å². The lowest BCUT2D eigenvalue weighted by Gasteiger charge is -2.24. The maximum absolute atomic E-state index is 12.1. The maximum Gasteiger partial charge on any atom is 0.317 e. The number of rotatable bonds is 6. The average molecular weight is 290 g/mol. The van der Waals surface area contributed by atoms with Gasteiger partial charge in [0.15, 0.2) is 0 Å². The van der Waals surface area contributed by atoms with Crippen molar-refractivity contribution in [1.82, 2.24) is 20.1 Å². The molecule has 0 spiro atoms. The first-order chi connectivity index (χ1) is 10.2. The minimum absolute atomic E-state index is 0.00823. The highest BCUT2D eigenvalue weighted by Gasteiger charge is 2.23. The second-order valence-electron chi connectivity index (χ2n) is 5.60. The van der Waals surface area contributed by atoms with Crippen LogP contribution < -0.4 is 5.32 Å². The number of carbonyl (C=O) groups is 1. The SMILES string of the molecule is CCN1CCC[C@H]1CNC(=O)N(C)CCc1ccccn1. The van der Waals surface area contributed by atoms with Gasteiger partial charge in [0.25, 0.3) is 0 Å². The molecule has 5 heteroatoms. The van der Waals surface area contributed by atoms with Crippen LogP contribution in [-0.4, -0.2) is 60.1 Å². The van der Waals surface area contributed by atoms with E-state index in [9.17, 15) is 4.79 Å². The number of hydrogen-bond donors (Lipinski definition) is 1. The number of aromatic nitrogens is 1. The van der Waals surface area contributed by atoms with Crippen molar-refractivity contribution >= 4 is 6.03 Å². The summed E-state index contributed by atoms with van der Waals surface area (Å²) in [5.74, 6) is 0. The predicted molar refractivity (Wildman–Crippen MR) is 84.2 cm³/mol. The van der Waals surface area contributed by atoms with Gasteiger partial charge in [0, 0.05) is 44.5 Å². The summed E-state index contributed by atoms with van der Waals surface area (Å²) < 4.78 is 0. The van der Waals surface area contributed by atoms with Gasteiger partial charge >= 0.3 is 6.03 Å². The normalized spacial score (nSPS) is 18.7. The lowest BCUT2D eigenvalue weighted by atomic mass is 10.2. The van der Waals surface area contributed by atoms with E-state index in [1.54, 1.807) is 11.1 Å². The van der Waals surface area contributed by atoms with Crippen LogP contribution in [0.25, 0.3) is 0 Å². The molecule has 1 aliphatic rings. The number of nitrogens with one attached hydrogen (secondary N) is 1. The number of pyridine rings is 1. The van der Waals surface area contributed by atoms with Crippen molar-refractivity contribution < 1.29 is 4.79 Å². The van der Waals surface area contributed by atoms with Crippen molar-refractivity contribution in [1.29, 1.82) is 0 Å². The number of likely N-dealkylation sites (N-methyl/N-ethyl adjacent to an activating group) is 2. The van der Waals surface area contributed by atoms with Crippen molar-refractivity contribution in [2.45, 2.75) is 32.2 Å². The van der Waals surface area contributed by atoms with Crippen LogP contribution >= 0.6 is 0 Å². The van der Waals surface area contributed by atoms with Gasteiger partial charge in [-0.05, 0) is 38.1 Å². The molecule has 1 aliphatic heterocycles. The molecule has 1 atom stereocenters. The molecule has 0 bridgehead atoms. The van der Waals surface area contributed by atoms with Crippen molar-refractivity contribution in [2.24, 2.45) is 0 Å². The third-order valence-electron chi connectivity index (χ3n) is 4.17. The van der Waals surface area contributed by atoms with E-state index < -0.39 is 0 Å². The Morgan fingerprint density at radius 2 is 2.38 bits per heavy atom. The molecule has 2 rings (SSSR count). The molecule has 0 saturated carbocycles. The second kappa shape index (κ2) is 7.98. The summed E-state index contributed by atoms with van der Waals surface area (Å²) in [7, 11) is 1.84. The van der Waals surface area contributed by atoms with Gasteiger partial charge in [-0.2, -0.15) is 0 Å². The lowest BCUT2D eigenvalue weighted by Crippen LogP contribution is -2.45. The van der Waals surface area contributed by atoms with E-state index in [0.29, 0.717) is 12.6 Å². The molecule has 5 nitrogen and oxygen atoms in total. The molecule has 0 aromatic carbocycles. The molecular formula is C16H26N4O. The molecule has 116 valence electrons. The molecular weight excluding hydrogens is 264 g/mol. The second-order valence-corrected chi connectivity index (χ2v) is 5.60. The number of amides is 2. The molecule has 0 aliphatic carbocycles. The van der Waals surface area contributed by atoms with E-state index in [2.05, 4.69) is 22.1 Å². The van der Waals surface area contributed by atoms with Crippen molar-refractivity contribution in [3.63, 3.8) is 0 Å². The summed E-state index contributed by atoms with van der Waals surface area (Å²) in [6, 6.07) is 6.38. The Balaban J connectivity index is 1.70. The quantitative estimate of drug-likeness (QED) is 0.868. The van der Waals surface area contributed by atoms with Crippen LogP contribution in [-0.2, 0) is 6.42 Å². The fourth-order valence-electron chi connectivity index (χ4n) is 2.81. The lowest BCUT2D eigenvalue weighted by molar-refractivity contribution is 0.201. The number of urea groups is 1. The molecule has 21 heavy (non-hydrogen) atoms. The minimum atomic E-state index is 0.00823. The first kappa shape index (κ1) is 15.8. The minimum Gasteiger partial charge on any atom is -0.336 e. The van der Waals surface area contributed by atoms with Gasteiger partial charge in [-0.1, -0.05) is 13.0 Å². The Morgan fingerprint density at radius 3 is 3.10 bits per heavy atom. The van der Waals surface area contributed by atoms with Gasteiger partial charge < -0.3 is 10.2 Å². The van der Waals surface area contributed by atoms with Crippen LogP contribution in [0.5, 0.6) is 0 Å². The van der Waals surface area contributed by atoms with Gasteiger partial charge in [-0.3, -0.25) is 9.88 Å². The van der Waals surface area contributed by atoms with Gasteiger partial charge in [-0.15, -0.1) is 0 Å². The topological polar surface area (TPSA) is 48.5 Å².